The molecule has 3 atom stereocenters. The molecule has 0 heterocycles. The number of aliphatic hydroxyl groups excluding tert-OH is 1. The predicted molar refractivity (Wildman–Crippen MR) is 153 cm³/mol. The van der Waals surface area contributed by atoms with Crippen molar-refractivity contribution in [1.82, 2.24) is 0 Å². The van der Waals surface area contributed by atoms with Gasteiger partial charge in [0.25, 0.3) is 0 Å². The van der Waals surface area contributed by atoms with Crippen LogP contribution < -0.4 is 0 Å². The molecular formula is C31H50O4S. The van der Waals surface area contributed by atoms with Gasteiger partial charge in [-0.2, -0.15) is 0 Å². The van der Waals surface area contributed by atoms with Crippen molar-refractivity contribution in [3.05, 3.63) is 54.1 Å². The molecule has 4 nitrogen and oxygen atoms in total. The van der Waals surface area contributed by atoms with Gasteiger partial charge in [-0.15, -0.1) is 0 Å². The first-order valence-corrected chi connectivity index (χ1v) is 15.0. The summed E-state index contributed by atoms with van der Waals surface area (Å²) in [4.78, 5) is 13.4. The Morgan fingerprint density at radius 1 is 0.917 bits per heavy atom. The third-order valence-electron chi connectivity index (χ3n) is 5.92. The molecule has 0 saturated carbocycles. The van der Waals surface area contributed by atoms with Crippen LogP contribution in [0.2, 0.25) is 0 Å². The van der Waals surface area contributed by atoms with E-state index in [0.29, 0.717) is 11.3 Å². The number of hydrogen-bond acceptors (Lipinski definition) is 4. The molecule has 5 heteroatoms. The Kier molecular flexibility index (Phi) is 16.6. The molecule has 1 N–H and O–H groups in total. The maximum Gasteiger partial charge on any atom is 0.325 e. The van der Waals surface area contributed by atoms with Gasteiger partial charge in [0.2, 0.25) is 0 Å². The number of carbonyl (C=O) groups excluding carboxylic acids is 1. The zero-order valence-electron chi connectivity index (χ0n) is 23.3. The van der Waals surface area contributed by atoms with Gasteiger partial charge in [-0.05, 0) is 78.4 Å². The summed E-state index contributed by atoms with van der Waals surface area (Å²) in [5.74, 6) is -0.600. The highest BCUT2D eigenvalue weighted by atomic mass is 32.2. The topological polar surface area (TPSA) is 63.6 Å². The number of unbranched alkanes of at least 4 members (excludes halogenated alkanes) is 8. The Labute approximate surface area is 223 Å². The van der Waals surface area contributed by atoms with Gasteiger partial charge >= 0.3 is 5.97 Å². The van der Waals surface area contributed by atoms with E-state index in [2.05, 4.69) is 31.2 Å². The van der Waals surface area contributed by atoms with Gasteiger partial charge in [-0.25, -0.2) is 0 Å². The average molecular weight is 519 g/mol. The Morgan fingerprint density at radius 2 is 1.47 bits per heavy atom. The molecule has 0 bridgehead atoms. The van der Waals surface area contributed by atoms with Gasteiger partial charge in [-0.3, -0.25) is 9.00 Å². The van der Waals surface area contributed by atoms with Crippen LogP contribution >= 0.6 is 0 Å². The second kappa shape index (κ2) is 18.5. The van der Waals surface area contributed by atoms with E-state index in [1.807, 2.05) is 19.1 Å². The molecule has 204 valence electrons. The molecule has 0 aliphatic heterocycles. The van der Waals surface area contributed by atoms with Crippen molar-refractivity contribution in [1.29, 1.82) is 0 Å². The van der Waals surface area contributed by atoms with Crippen LogP contribution in [0.5, 0.6) is 0 Å². The lowest BCUT2D eigenvalue weighted by atomic mass is 10.0. The fraction of sp³-hybridized carbons (Fsp3) is 0.645. The summed E-state index contributed by atoms with van der Waals surface area (Å²) in [6.45, 7) is 9.53. The third-order valence-corrected chi connectivity index (χ3v) is 7.63. The van der Waals surface area contributed by atoms with E-state index < -0.39 is 33.7 Å². The molecule has 36 heavy (non-hydrogen) atoms. The Morgan fingerprint density at radius 3 is 2.06 bits per heavy atom. The first kappa shape index (κ1) is 32.3. The summed E-state index contributed by atoms with van der Waals surface area (Å²) in [5, 5.41) is 9.77. The molecule has 0 aliphatic carbocycles. The van der Waals surface area contributed by atoms with Crippen molar-refractivity contribution < 1.29 is 18.8 Å². The molecule has 0 aromatic heterocycles. The van der Waals surface area contributed by atoms with Crippen LogP contribution in [0.15, 0.2) is 53.5 Å². The van der Waals surface area contributed by atoms with Crippen molar-refractivity contribution in [2.24, 2.45) is 0 Å². The summed E-state index contributed by atoms with van der Waals surface area (Å²) >= 11 is 0. The fourth-order valence-corrected chi connectivity index (χ4v) is 5.22. The molecule has 0 amide bonds. The highest BCUT2D eigenvalue weighted by Gasteiger charge is 2.36. The van der Waals surface area contributed by atoms with Crippen LogP contribution in [0, 0.1) is 6.92 Å². The van der Waals surface area contributed by atoms with E-state index >= 15 is 0 Å². The van der Waals surface area contributed by atoms with Gasteiger partial charge in [0, 0.05) is 4.90 Å². The van der Waals surface area contributed by atoms with Gasteiger partial charge in [0.05, 0.1) is 16.9 Å². The first-order valence-electron chi connectivity index (χ1n) is 13.8. The second-order valence-electron chi connectivity index (χ2n) is 10.7. The van der Waals surface area contributed by atoms with E-state index in [4.69, 9.17) is 4.74 Å². The SMILES string of the molecule is CCCCC/C=C\C/C=C\CCCCCCC[C@@H](O)[C@H](C(=O)OC(C)(C)C)S(=O)c1ccc(C)cc1. The Bertz CT molecular complexity index is 805. The minimum atomic E-state index is -1.68. The smallest absolute Gasteiger partial charge is 0.325 e. The van der Waals surface area contributed by atoms with E-state index in [1.165, 1.54) is 25.7 Å². The summed E-state index contributed by atoms with van der Waals surface area (Å²) < 4.78 is 18.7. The van der Waals surface area contributed by atoms with Crippen molar-refractivity contribution >= 4 is 16.8 Å². The van der Waals surface area contributed by atoms with Crippen LogP contribution in [0.3, 0.4) is 0 Å². The van der Waals surface area contributed by atoms with Crippen molar-refractivity contribution in [3.63, 3.8) is 0 Å². The number of rotatable bonds is 18. The lowest BCUT2D eigenvalue weighted by molar-refractivity contribution is -0.156. The number of esters is 1. The maximum absolute atomic E-state index is 13.2. The number of benzene rings is 1. The summed E-state index contributed by atoms with van der Waals surface area (Å²) in [6, 6.07) is 7.25. The van der Waals surface area contributed by atoms with Crippen LogP contribution in [0.4, 0.5) is 0 Å². The number of hydrogen-bond donors (Lipinski definition) is 1. The lowest BCUT2D eigenvalue weighted by Crippen LogP contribution is -2.42. The highest BCUT2D eigenvalue weighted by molar-refractivity contribution is 7.86. The van der Waals surface area contributed by atoms with Crippen LogP contribution in [-0.2, 0) is 20.3 Å². The number of allylic oxidation sites excluding steroid dienone is 4. The summed E-state index contributed by atoms with van der Waals surface area (Å²) in [7, 11) is -1.68. The highest BCUT2D eigenvalue weighted by Crippen LogP contribution is 2.22. The normalized spacial score (nSPS) is 14.8. The minimum absolute atomic E-state index is 0.437. The molecular weight excluding hydrogens is 468 g/mol. The molecule has 1 unspecified atom stereocenters. The number of aliphatic hydroxyl groups is 1. The van der Waals surface area contributed by atoms with Gasteiger partial charge in [0.15, 0.2) is 5.25 Å². The quantitative estimate of drug-likeness (QED) is 0.121. The maximum atomic E-state index is 13.2. The largest absolute Gasteiger partial charge is 0.459 e. The zero-order valence-corrected chi connectivity index (χ0v) is 24.2. The van der Waals surface area contributed by atoms with Gasteiger partial charge < -0.3 is 9.84 Å². The fourth-order valence-electron chi connectivity index (χ4n) is 3.88. The lowest BCUT2D eigenvalue weighted by Gasteiger charge is -2.26. The molecule has 0 fully saturated rings. The molecule has 1 aromatic carbocycles. The van der Waals surface area contributed by atoms with Crippen molar-refractivity contribution in [2.75, 3.05) is 0 Å². The Balaban J connectivity index is 2.39. The zero-order chi connectivity index (χ0) is 26.8. The monoisotopic (exact) mass is 518 g/mol. The summed E-state index contributed by atoms with van der Waals surface area (Å²) in [5.41, 5.74) is 0.349. The van der Waals surface area contributed by atoms with E-state index in [-0.39, 0.29) is 0 Å². The Hall–Kier alpha value is -1.72. The minimum Gasteiger partial charge on any atom is -0.459 e. The van der Waals surface area contributed by atoms with E-state index in [0.717, 1.165) is 50.5 Å². The molecule has 0 saturated heterocycles. The molecule has 0 aliphatic rings. The van der Waals surface area contributed by atoms with Crippen molar-refractivity contribution in [2.45, 2.75) is 134 Å². The van der Waals surface area contributed by atoms with Crippen LogP contribution in [-0.4, -0.2) is 32.2 Å². The standard InChI is InChI=1S/C31H50O4S/c1-6-7-8-9-10-11-12-13-14-15-16-17-18-19-20-21-28(32)29(30(33)35-31(3,4)5)36(34)27-24-22-26(2)23-25-27/h10-11,13-14,22-25,28-29,32H,6-9,12,15-21H2,1-5H3/b11-10-,14-13-/t28-,29-,36?/m1/s1. The first-order chi connectivity index (χ1) is 17.2. The van der Waals surface area contributed by atoms with Gasteiger partial charge in [0.1, 0.15) is 5.60 Å². The molecule has 1 aromatic rings. The van der Waals surface area contributed by atoms with Crippen molar-refractivity contribution in [3.8, 4) is 0 Å². The number of carbonyl (C=O) groups is 1. The average Bonchev–Trinajstić information content (AvgIpc) is 2.81. The predicted octanol–water partition coefficient (Wildman–Crippen LogP) is 7.99. The molecule has 1 rings (SSSR count). The molecule has 0 spiro atoms. The van der Waals surface area contributed by atoms with E-state index in [1.54, 1.807) is 32.9 Å². The van der Waals surface area contributed by atoms with Crippen LogP contribution in [0.25, 0.3) is 0 Å². The molecule has 0 radical (unpaired) electrons. The number of ether oxygens (including phenoxy) is 1. The number of aryl methyl sites for hydroxylation is 1. The van der Waals surface area contributed by atoms with Crippen LogP contribution in [0.1, 0.15) is 110 Å². The van der Waals surface area contributed by atoms with Gasteiger partial charge in [-0.1, -0.05) is 87.4 Å². The van der Waals surface area contributed by atoms with E-state index in [9.17, 15) is 14.1 Å². The third kappa shape index (κ3) is 14.7. The summed E-state index contributed by atoms with van der Waals surface area (Å²) in [6.07, 6.45) is 20.9. The second-order valence-corrected chi connectivity index (χ2v) is 12.2.